The molecule has 1 heterocycles. The molecule has 6 nitrogen and oxygen atoms in total. The molecule has 0 spiro atoms. The van der Waals surface area contributed by atoms with E-state index in [1.54, 1.807) is 0 Å². The fraction of sp³-hybridized carbons (Fsp3) is 0.632. The van der Waals surface area contributed by atoms with E-state index in [0.29, 0.717) is 6.54 Å². The van der Waals surface area contributed by atoms with Crippen LogP contribution in [0.4, 0.5) is 4.79 Å². The number of rotatable bonds is 6. The van der Waals surface area contributed by atoms with Gasteiger partial charge in [0.15, 0.2) is 0 Å². The third kappa shape index (κ3) is 6.65. The molecule has 0 radical (unpaired) electrons. The molecule has 0 aliphatic carbocycles. The van der Waals surface area contributed by atoms with E-state index < -0.39 is 6.09 Å². The minimum absolute atomic E-state index is 0.0973. The van der Waals surface area contributed by atoms with Crippen LogP contribution in [0.3, 0.4) is 0 Å². The average Bonchev–Trinajstić information content (AvgIpc) is 2.60. The van der Waals surface area contributed by atoms with Crippen LogP contribution in [0.25, 0.3) is 0 Å². The number of carbonyl (C=O) groups excluding carboxylic acids is 1. The molecule has 6 heteroatoms. The van der Waals surface area contributed by atoms with Gasteiger partial charge in [-0.3, -0.25) is 9.80 Å². The van der Waals surface area contributed by atoms with Gasteiger partial charge in [0.25, 0.3) is 0 Å². The molecule has 1 atom stereocenters. The summed E-state index contributed by atoms with van der Waals surface area (Å²) in [5, 5.41) is 12.3. The summed E-state index contributed by atoms with van der Waals surface area (Å²) < 4.78 is 5.22. The number of hydrogen-bond acceptors (Lipinski definition) is 5. The van der Waals surface area contributed by atoms with E-state index in [4.69, 9.17) is 4.74 Å². The number of aliphatic hydroxyl groups is 1. The van der Waals surface area contributed by atoms with Gasteiger partial charge < -0.3 is 15.2 Å². The number of aliphatic hydroxyl groups excluding tert-OH is 1. The molecule has 0 saturated carbocycles. The van der Waals surface area contributed by atoms with Gasteiger partial charge in [0.05, 0.1) is 12.6 Å². The molecule has 1 fully saturated rings. The molecule has 0 bridgehead atoms. The first-order chi connectivity index (χ1) is 11.9. The minimum Gasteiger partial charge on any atom is -0.445 e. The van der Waals surface area contributed by atoms with Crippen molar-refractivity contribution in [2.24, 2.45) is 0 Å². The van der Waals surface area contributed by atoms with Crippen molar-refractivity contribution in [3.8, 4) is 0 Å². The average molecular weight is 349 g/mol. The zero-order chi connectivity index (χ0) is 18.3. The van der Waals surface area contributed by atoms with Crippen LogP contribution in [0.2, 0.25) is 0 Å². The topological polar surface area (TPSA) is 65.0 Å². The summed E-state index contributed by atoms with van der Waals surface area (Å²) in [6.07, 6.45) is -0.490. The van der Waals surface area contributed by atoms with Crippen molar-refractivity contribution < 1.29 is 14.6 Å². The molecule has 25 heavy (non-hydrogen) atoms. The minimum atomic E-state index is -0.490. The second kappa shape index (κ2) is 9.17. The number of piperazine rings is 1. The molecule has 1 aliphatic rings. The zero-order valence-corrected chi connectivity index (χ0v) is 15.6. The van der Waals surface area contributed by atoms with Crippen LogP contribution >= 0.6 is 0 Å². The summed E-state index contributed by atoms with van der Waals surface area (Å²) >= 11 is 0. The van der Waals surface area contributed by atoms with Crippen LogP contribution in [0.5, 0.6) is 0 Å². The fourth-order valence-electron chi connectivity index (χ4n) is 2.99. The number of benzene rings is 1. The highest BCUT2D eigenvalue weighted by atomic mass is 16.5. The molecule has 1 aliphatic heterocycles. The predicted molar refractivity (Wildman–Crippen MR) is 98.4 cm³/mol. The van der Waals surface area contributed by atoms with Crippen LogP contribution in [0.15, 0.2) is 30.3 Å². The van der Waals surface area contributed by atoms with Crippen LogP contribution in [0, 0.1) is 0 Å². The van der Waals surface area contributed by atoms with Gasteiger partial charge in [-0.1, -0.05) is 30.3 Å². The van der Waals surface area contributed by atoms with Crippen molar-refractivity contribution in [1.82, 2.24) is 15.1 Å². The maximum absolute atomic E-state index is 11.9. The van der Waals surface area contributed by atoms with Gasteiger partial charge in [-0.2, -0.15) is 0 Å². The van der Waals surface area contributed by atoms with Crippen LogP contribution < -0.4 is 5.32 Å². The number of ether oxygens (including phenoxy) is 1. The quantitative estimate of drug-likeness (QED) is 0.818. The van der Waals surface area contributed by atoms with E-state index in [0.717, 1.165) is 31.7 Å². The summed E-state index contributed by atoms with van der Waals surface area (Å²) in [6, 6.07) is 9.24. The molecule has 2 N–H and O–H groups in total. The maximum Gasteiger partial charge on any atom is 0.407 e. The Labute approximate surface area is 150 Å². The standard InChI is InChI=1S/C19H31N3O3/c1-19(2,3)22-11-9-21(10-12-22)13-17(14-23)20-18(24)25-15-16-7-5-4-6-8-16/h4-8,17,23H,9-15H2,1-3H3,(H,20,24)/t17-/m1/s1. The molecular weight excluding hydrogens is 318 g/mol. The second-order valence-electron chi connectivity index (χ2n) is 7.54. The largest absolute Gasteiger partial charge is 0.445 e. The third-order valence-electron chi connectivity index (χ3n) is 4.55. The van der Waals surface area contributed by atoms with Gasteiger partial charge in [0.1, 0.15) is 6.61 Å². The van der Waals surface area contributed by atoms with Crippen LogP contribution in [-0.2, 0) is 11.3 Å². The Hall–Kier alpha value is -1.63. The van der Waals surface area contributed by atoms with E-state index in [1.807, 2.05) is 30.3 Å². The smallest absolute Gasteiger partial charge is 0.407 e. The monoisotopic (exact) mass is 349 g/mol. The van der Waals surface area contributed by atoms with E-state index >= 15 is 0 Å². The number of carbonyl (C=O) groups is 1. The summed E-state index contributed by atoms with van der Waals surface area (Å²) in [6.45, 7) is 11.3. The van der Waals surface area contributed by atoms with E-state index in [9.17, 15) is 9.90 Å². The fourth-order valence-corrected chi connectivity index (χ4v) is 2.99. The zero-order valence-electron chi connectivity index (χ0n) is 15.6. The Morgan fingerprint density at radius 1 is 1.20 bits per heavy atom. The highest BCUT2D eigenvalue weighted by Gasteiger charge is 2.27. The molecule has 0 aromatic heterocycles. The Bertz CT molecular complexity index is 522. The lowest BCUT2D eigenvalue weighted by Gasteiger charge is -2.42. The number of amides is 1. The Morgan fingerprint density at radius 3 is 2.40 bits per heavy atom. The number of nitrogens with zero attached hydrogens (tertiary/aromatic N) is 2. The first kappa shape index (κ1) is 19.7. The van der Waals surface area contributed by atoms with Crippen molar-refractivity contribution in [3.63, 3.8) is 0 Å². The highest BCUT2D eigenvalue weighted by molar-refractivity contribution is 5.67. The summed E-state index contributed by atoms with van der Waals surface area (Å²) in [7, 11) is 0. The van der Waals surface area contributed by atoms with E-state index in [1.165, 1.54) is 0 Å². The molecule has 0 unspecified atom stereocenters. The lowest BCUT2D eigenvalue weighted by Crippen LogP contribution is -2.56. The summed E-state index contributed by atoms with van der Waals surface area (Å²) in [5.41, 5.74) is 1.12. The number of hydrogen-bond donors (Lipinski definition) is 2. The lowest BCUT2D eigenvalue weighted by molar-refractivity contribution is 0.0527. The number of alkyl carbamates (subject to hydrolysis) is 1. The Kier molecular flexibility index (Phi) is 7.23. The van der Waals surface area contributed by atoms with Crippen molar-refractivity contribution >= 4 is 6.09 Å². The van der Waals surface area contributed by atoms with Crippen LogP contribution in [0.1, 0.15) is 26.3 Å². The first-order valence-corrected chi connectivity index (χ1v) is 8.94. The van der Waals surface area contributed by atoms with Gasteiger partial charge in [0.2, 0.25) is 0 Å². The SMILES string of the molecule is CC(C)(C)N1CCN(C[C@H](CO)NC(=O)OCc2ccccc2)CC1. The van der Waals surface area contributed by atoms with E-state index in [-0.39, 0.29) is 24.8 Å². The molecule has 140 valence electrons. The number of nitrogens with one attached hydrogen (secondary N) is 1. The molecule has 1 aromatic rings. The third-order valence-corrected chi connectivity index (χ3v) is 4.55. The van der Waals surface area contributed by atoms with E-state index in [2.05, 4.69) is 35.9 Å². The van der Waals surface area contributed by atoms with Gasteiger partial charge >= 0.3 is 6.09 Å². The molecule has 1 saturated heterocycles. The first-order valence-electron chi connectivity index (χ1n) is 8.94. The molecule has 1 amide bonds. The highest BCUT2D eigenvalue weighted by Crippen LogP contribution is 2.15. The van der Waals surface area contributed by atoms with Crippen molar-refractivity contribution in [2.45, 2.75) is 39.0 Å². The molecular formula is C19H31N3O3. The maximum atomic E-state index is 11.9. The van der Waals surface area contributed by atoms with Crippen molar-refractivity contribution in [2.75, 3.05) is 39.3 Å². The molecule has 1 aromatic carbocycles. The normalized spacial score (nSPS) is 17.9. The predicted octanol–water partition coefficient (Wildman–Crippen LogP) is 1.69. The van der Waals surface area contributed by atoms with Crippen molar-refractivity contribution in [3.05, 3.63) is 35.9 Å². The van der Waals surface area contributed by atoms with Gasteiger partial charge in [-0.15, -0.1) is 0 Å². The Balaban J connectivity index is 1.72. The van der Waals surface area contributed by atoms with Crippen LogP contribution in [-0.4, -0.2) is 71.9 Å². The lowest BCUT2D eigenvalue weighted by atomic mass is 10.0. The van der Waals surface area contributed by atoms with Gasteiger partial charge in [0, 0.05) is 38.3 Å². The summed E-state index contributed by atoms with van der Waals surface area (Å²) in [4.78, 5) is 16.7. The molecule has 2 rings (SSSR count). The summed E-state index contributed by atoms with van der Waals surface area (Å²) in [5.74, 6) is 0. The van der Waals surface area contributed by atoms with Gasteiger partial charge in [-0.25, -0.2) is 4.79 Å². The van der Waals surface area contributed by atoms with Gasteiger partial charge in [-0.05, 0) is 26.3 Å². The Morgan fingerprint density at radius 2 is 1.84 bits per heavy atom. The van der Waals surface area contributed by atoms with Crippen molar-refractivity contribution in [1.29, 1.82) is 0 Å². The second-order valence-corrected chi connectivity index (χ2v) is 7.54.